The van der Waals surface area contributed by atoms with Gasteiger partial charge in [0.1, 0.15) is 0 Å². The molecule has 3 heteroatoms. The van der Waals surface area contributed by atoms with E-state index in [1.54, 1.807) is 18.2 Å². The number of fused-ring (bicyclic) bond motifs is 1. The van der Waals surface area contributed by atoms with Crippen LogP contribution in [0.2, 0.25) is 0 Å². The normalized spacial score (nSPS) is 26.8. The van der Waals surface area contributed by atoms with Crippen molar-refractivity contribution in [1.82, 2.24) is 5.32 Å². The molecule has 1 amide bonds. The van der Waals surface area contributed by atoms with E-state index in [1.807, 2.05) is 0 Å². The molecule has 1 heterocycles. The zero-order valence-electron chi connectivity index (χ0n) is 6.33. The Bertz CT molecular complexity index is 350. The number of allylic oxidation sites excluding steroid dienone is 4. The van der Waals surface area contributed by atoms with E-state index in [4.69, 9.17) is 0 Å². The highest BCUT2D eigenvalue weighted by Gasteiger charge is 2.38. The summed E-state index contributed by atoms with van der Waals surface area (Å²) in [6, 6.07) is 0. The Morgan fingerprint density at radius 1 is 1.42 bits per heavy atom. The zero-order chi connectivity index (χ0) is 8.72. The summed E-state index contributed by atoms with van der Waals surface area (Å²) in [5, 5.41) is 2.50. The second-order valence-corrected chi connectivity index (χ2v) is 2.81. The number of carbonyl (C=O) groups excluding carboxylic acids is 2. The molecular weight excluding hydrogens is 154 g/mol. The van der Waals surface area contributed by atoms with Gasteiger partial charge in [-0.1, -0.05) is 18.7 Å². The lowest BCUT2D eigenvalue weighted by atomic mass is 9.92. The molecule has 1 fully saturated rings. The van der Waals surface area contributed by atoms with Crippen LogP contribution < -0.4 is 5.32 Å². The van der Waals surface area contributed by atoms with Crippen LogP contribution in [-0.2, 0) is 9.59 Å². The van der Waals surface area contributed by atoms with Gasteiger partial charge in [0, 0.05) is 5.70 Å². The fourth-order valence-electron chi connectivity index (χ4n) is 1.41. The fourth-order valence-corrected chi connectivity index (χ4v) is 1.41. The van der Waals surface area contributed by atoms with Crippen LogP contribution in [0.25, 0.3) is 0 Å². The van der Waals surface area contributed by atoms with Gasteiger partial charge in [-0.05, 0) is 11.6 Å². The number of nitrogens with one attached hydrogen (secondary N) is 1. The molecule has 0 saturated carbocycles. The Labute approximate surface area is 69.5 Å². The second-order valence-electron chi connectivity index (χ2n) is 2.81. The predicted octanol–water partition coefficient (Wildman–Crippen LogP) is 0.311. The van der Waals surface area contributed by atoms with Crippen molar-refractivity contribution in [2.45, 2.75) is 0 Å². The van der Waals surface area contributed by atoms with Crippen LogP contribution in [-0.4, -0.2) is 11.7 Å². The third kappa shape index (κ3) is 0.763. The molecule has 0 aromatic rings. The average Bonchev–Trinajstić information content (AvgIpc) is 2.29. The van der Waals surface area contributed by atoms with Gasteiger partial charge in [-0.2, -0.15) is 0 Å². The van der Waals surface area contributed by atoms with E-state index in [-0.39, 0.29) is 0 Å². The summed E-state index contributed by atoms with van der Waals surface area (Å²) >= 11 is 0. The average molecular weight is 161 g/mol. The number of Topliss-reactive ketones (excluding diaryl/α,β-unsaturated/α-hetero) is 1. The first-order chi connectivity index (χ1) is 5.70. The van der Waals surface area contributed by atoms with Crippen molar-refractivity contribution in [2.24, 2.45) is 5.92 Å². The monoisotopic (exact) mass is 161 g/mol. The number of rotatable bonds is 0. The highest BCUT2D eigenvalue weighted by molar-refractivity contribution is 6.41. The topological polar surface area (TPSA) is 46.2 Å². The highest BCUT2D eigenvalue weighted by Crippen LogP contribution is 2.27. The van der Waals surface area contributed by atoms with Gasteiger partial charge in [-0.15, -0.1) is 0 Å². The van der Waals surface area contributed by atoms with E-state index in [9.17, 15) is 9.59 Å². The van der Waals surface area contributed by atoms with Gasteiger partial charge >= 0.3 is 0 Å². The molecule has 1 N–H and O–H groups in total. The molecule has 0 bridgehead atoms. The fraction of sp³-hybridized carbons (Fsp3) is 0.111. The summed E-state index contributed by atoms with van der Waals surface area (Å²) < 4.78 is 0. The lowest BCUT2D eigenvalue weighted by Crippen LogP contribution is -2.18. The van der Waals surface area contributed by atoms with Crippen molar-refractivity contribution < 1.29 is 9.59 Å². The summed E-state index contributed by atoms with van der Waals surface area (Å²) in [7, 11) is 0. The number of amides is 1. The minimum atomic E-state index is -0.531. The Kier molecular flexibility index (Phi) is 1.27. The molecule has 3 nitrogen and oxygen atoms in total. The van der Waals surface area contributed by atoms with Crippen LogP contribution in [0, 0.1) is 5.92 Å². The van der Waals surface area contributed by atoms with Gasteiger partial charge in [0.05, 0.1) is 5.92 Å². The molecule has 1 saturated heterocycles. The smallest absolute Gasteiger partial charge is 0.292 e. The van der Waals surface area contributed by atoms with Gasteiger partial charge in [0.2, 0.25) is 5.78 Å². The molecular formula is C9H7NO2. The van der Waals surface area contributed by atoms with Crippen molar-refractivity contribution in [2.75, 3.05) is 0 Å². The van der Waals surface area contributed by atoms with E-state index in [0.29, 0.717) is 11.3 Å². The maximum Gasteiger partial charge on any atom is 0.292 e. The van der Waals surface area contributed by atoms with E-state index in [2.05, 4.69) is 11.9 Å². The molecule has 12 heavy (non-hydrogen) atoms. The quantitative estimate of drug-likeness (QED) is 0.520. The largest absolute Gasteiger partial charge is 0.322 e. The molecule has 1 aliphatic carbocycles. The number of ketones is 1. The van der Waals surface area contributed by atoms with Crippen LogP contribution in [0.1, 0.15) is 0 Å². The van der Waals surface area contributed by atoms with E-state index < -0.39 is 17.6 Å². The van der Waals surface area contributed by atoms with Crippen molar-refractivity contribution >= 4 is 11.7 Å². The maximum atomic E-state index is 11.2. The molecule has 2 rings (SSSR count). The third-order valence-electron chi connectivity index (χ3n) is 2.01. The molecule has 0 aromatic carbocycles. The molecule has 1 aliphatic heterocycles. The van der Waals surface area contributed by atoms with Crippen molar-refractivity contribution in [3.63, 3.8) is 0 Å². The van der Waals surface area contributed by atoms with Crippen molar-refractivity contribution in [3.8, 4) is 0 Å². The predicted molar refractivity (Wildman–Crippen MR) is 43.0 cm³/mol. The summed E-state index contributed by atoms with van der Waals surface area (Å²) in [6.45, 7) is 3.70. The third-order valence-corrected chi connectivity index (χ3v) is 2.01. The van der Waals surface area contributed by atoms with Crippen molar-refractivity contribution in [3.05, 3.63) is 36.1 Å². The van der Waals surface area contributed by atoms with Crippen LogP contribution in [0.5, 0.6) is 0 Å². The first-order valence-corrected chi connectivity index (χ1v) is 3.62. The minimum Gasteiger partial charge on any atom is -0.322 e. The standard InChI is InChI=1S/C9H7NO2/c1-5-3-2-4-6-7(5)8(11)9(12)10-6/h2-4,7H,1H2,(H,10,12). The molecule has 1 atom stereocenters. The molecule has 0 aromatic heterocycles. The summed E-state index contributed by atoms with van der Waals surface area (Å²) in [4.78, 5) is 22.1. The number of carbonyl (C=O) groups is 2. The Morgan fingerprint density at radius 3 is 2.83 bits per heavy atom. The first kappa shape index (κ1) is 7.03. The van der Waals surface area contributed by atoms with Gasteiger partial charge in [0.25, 0.3) is 5.91 Å². The maximum absolute atomic E-state index is 11.2. The zero-order valence-corrected chi connectivity index (χ0v) is 6.33. The Hall–Kier alpha value is -1.64. The molecule has 60 valence electrons. The lowest BCUT2D eigenvalue weighted by Gasteiger charge is -2.11. The Morgan fingerprint density at radius 2 is 2.17 bits per heavy atom. The minimum absolute atomic E-state index is 0.407. The van der Waals surface area contributed by atoms with Gasteiger partial charge in [-0.3, -0.25) is 9.59 Å². The van der Waals surface area contributed by atoms with Crippen molar-refractivity contribution in [1.29, 1.82) is 0 Å². The summed E-state index contributed by atoms with van der Waals surface area (Å²) in [5.41, 5.74) is 1.33. The molecule has 1 unspecified atom stereocenters. The van der Waals surface area contributed by atoms with Gasteiger partial charge < -0.3 is 5.32 Å². The van der Waals surface area contributed by atoms with Gasteiger partial charge in [0.15, 0.2) is 0 Å². The SMILES string of the molecule is C=C1C=CC=C2NC(=O)C(=O)C12. The van der Waals surface area contributed by atoms with E-state index >= 15 is 0 Å². The van der Waals surface area contributed by atoms with E-state index in [0.717, 1.165) is 0 Å². The first-order valence-electron chi connectivity index (χ1n) is 3.62. The summed E-state index contributed by atoms with van der Waals surface area (Å²) in [6.07, 6.45) is 5.24. The van der Waals surface area contributed by atoms with E-state index in [1.165, 1.54) is 0 Å². The number of hydrogen-bond donors (Lipinski definition) is 1. The summed E-state index contributed by atoms with van der Waals surface area (Å²) in [5.74, 6) is -1.38. The van der Waals surface area contributed by atoms with Crippen LogP contribution in [0.15, 0.2) is 36.1 Å². The molecule has 2 aliphatic rings. The van der Waals surface area contributed by atoms with Crippen LogP contribution >= 0.6 is 0 Å². The van der Waals surface area contributed by atoms with Crippen LogP contribution in [0.3, 0.4) is 0 Å². The lowest BCUT2D eigenvalue weighted by molar-refractivity contribution is -0.136. The van der Waals surface area contributed by atoms with Crippen LogP contribution in [0.4, 0.5) is 0 Å². The molecule has 0 radical (unpaired) electrons. The van der Waals surface area contributed by atoms with Gasteiger partial charge in [-0.25, -0.2) is 0 Å². The number of hydrogen-bond acceptors (Lipinski definition) is 2. The molecule has 0 spiro atoms. The highest BCUT2D eigenvalue weighted by atomic mass is 16.2. The second kappa shape index (κ2) is 2.17. The Balaban J connectivity index is 2.47.